The number of carbonyl (C=O) groups excluding carboxylic acids is 1. The molecule has 7 heteroatoms. The van der Waals surface area contributed by atoms with Gasteiger partial charge in [0.1, 0.15) is 4.91 Å². The van der Waals surface area contributed by atoms with Gasteiger partial charge in [0.2, 0.25) is 0 Å². The lowest BCUT2D eigenvalue weighted by Crippen LogP contribution is -2.32. The van der Waals surface area contributed by atoms with Crippen LogP contribution in [-0.2, 0) is 4.79 Å². The molecule has 1 saturated carbocycles. The minimum absolute atomic E-state index is 0.0951. The fraction of sp³-hybridized carbons (Fsp3) is 0.444. The Kier molecular flexibility index (Phi) is 4.98. The van der Waals surface area contributed by atoms with Crippen molar-refractivity contribution >= 4 is 51.7 Å². The fourth-order valence-corrected chi connectivity index (χ4v) is 5.43. The maximum atomic E-state index is 13.0. The van der Waals surface area contributed by atoms with E-state index in [-0.39, 0.29) is 5.91 Å². The molecule has 0 aromatic heterocycles. The number of amidine groups is 1. The van der Waals surface area contributed by atoms with Crippen molar-refractivity contribution in [1.29, 1.82) is 0 Å². The first kappa shape index (κ1) is 17.3. The molecule has 3 aliphatic rings. The Hall–Kier alpha value is -1.17. The van der Waals surface area contributed by atoms with E-state index >= 15 is 0 Å². The number of allylic oxidation sites excluding steroid dienone is 1. The lowest BCUT2D eigenvalue weighted by atomic mass is 10.0. The van der Waals surface area contributed by atoms with Gasteiger partial charge < -0.3 is 10.2 Å². The summed E-state index contributed by atoms with van der Waals surface area (Å²) in [5.74, 6) is 0.365. The Morgan fingerprint density at radius 1 is 1.16 bits per heavy atom. The zero-order chi connectivity index (χ0) is 17.4. The summed E-state index contributed by atoms with van der Waals surface area (Å²) in [7, 11) is 0. The van der Waals surface area contributed by atoms with Crippen LogP contribution in [0.5, 0.6) is 0 Å². The summed E-state index contributed by atoms with van der Waals surface area (Å²) in [5.41, 5.74) is 1.79. The number of halogens is 2. The molecule has 1 fully saturated rings. The highest BCUT2D eigenvalue weighted by molar-refractivity contribution is 8.18. The standard InChI is InChI=1S/C18H19Cl2N3OS/c19-12-8-13(20)10-14(9-12)22-17(24)16-15(11-4-1-2-5-11)23-7-3-6-21-18(23)25-16/h8-11H,1-7H2,(H,22,24). The van der Waals surface area contributed by atoms with Gasteiger partial charge in [-0.25, -0.2) is 0 Å². The number of nitrogens with one attached hydrogen (secondary N) is 1. The number of hydrogen-bond donors (Lipinski definition) is 1. The van der Waals surface area contributed by atoms with Gasteiger partial charge in [-0.2, -0.15) is 0 Å². The average molecular weight is 396 g/mol. The highest BCUT2D eigenvalue weighted by Crippen LogP contribution is 2.45. The number of amides is 1. The number of benzene rings is 1. The largest absolute Gasteiger partial charge is 0.323 e. The minimum Gasteiger partial charge on any atom is -0.323 e. The van der Waals surface area contributed by atoms with Crippen molar-refractivity contribution in [1.82, 2.24) is 4.90 Å². The van der Waals surface area contributed by atoms with E-state index < -0.39 is 0 Å². The van der Waals surface area contributed by atoms with Crippen LogP contribution in [0.3, 0.4) is 0 Å². The summed E-state index contributed by atoms with van der Waals surface area (Å²) in [4.78, 5) is 20.7. The van der Waals surface area contributed by atoms with E-state index in [2.05, 4.69) is 15.2 Å². The predicted molar refractivity (Wildman–Crippen MR) is 105 cm³/mol. The number of rotatable bonds is 3. The zero-order valence-corrected chi connectivity index (χ0v) is 16.1. The molecule has 25 heavy (non-hydrogen) atoms. The number of anilines is 1. The van der Waals surface area contributed by atoms with Gasteiger partial charge in [-0.05, 0) is 49.2 Å². The molecule has 0 unspecified atom stereocenters. The van der Waals surface area contributed by atoms with Crippen molar-refractivity contribution in [2.75, 3.05) is 18.4 Å². The third-order valence-electron chi connectivity index (χ3n) is 4.80. The van der Waals surface area contributed by atoms with E-state index in [9.17, 15) is 4.79 Å². The van der Waals surface area contributed by atoms with Gasteiger partial charge in [-0.1, -0.05) is 36.0 Å². The van der Waals surface area contributed by atoms with Gasteiger partial charge in [0.15, 0.2) is 5.17 Å². The number of fused-ring (bicyclic) bond motifs is 1. The Bertz CT molecular complexity index is 751. The lowest BCUT2D eigenvalue weighted by Gasteiger charge is -2.28. The minimum atomic E-state index is -0.0951. The summed E-state index contributed by atoms with van der Waals surface area (Å²) in [6, 6.07) is 5.08. The molecule has 2 aliphatic heterocycles. The van der Waals surface area contributed by atoms with Gasteiger partial charge in [-0.15, -0.1) is 0 Å². The van der Waals surface area contributed by atoms with Gasteiger partial charge in [0, 0.05) is 40.4 Å². The van der Waals surface area contributed by atoms with E-state index in [1.165, 1.54) is 30.3 Å². The van der Waals surface area contributed by atoms with Crippen LogP contribution in [0.15, 0.2) is 33.8 Å². The smallest absolute Gasteiger partial charge is 0.264 e. The summed E-state index contributed by atoms with van der Waals surface area (Å²) >= 11 is 13.6. The fourth-order valence-electron chi connectivity index (χ4n) is 3.74. The predicted octanol–water partition coefficient (Wildman–Crippen LogP) is 5.14. The highest BCUT2D eigenvalue weighted by atomic mass is 35.5. The van der Waals surface area contributed by atoms with Crippen LogP contribution in [0.4, 0.5) is 5.69 Å². The highest BCUT2D eigenvalue weighted by Gasteiger charge is 2.38. The van der Waals surface area contributed by atoms with E-state index in [0.717, 1.165) is 42.4 Å². The van der Waals surface area contributed by atoms with Crippen LogP contribution in [0.1, 0.15) is 32.1 Å². The normalized spacial score (nSPS) is 20.7. The van der Waals surface area contributed by atoms with Crippen molar-refractivity contribution in [3.05, 3.63) is 38.8 Å². The van der Waals surface area contributed by atoms with Crippen LogP contribution in [-0.4, -0.2) is 29.1 Å². The summed E-state index contributed by atoms with van der Waals surface area (Å²) in [6.45, 7) is 1.80. The molecule has 1 amide bonds. The van der Waals surface area contributed by atoms with Crippen LogP contribution >= 0.6 is 35.0 Å². The first-order chi connectivity index (χ1) is 12.1. The van der Waals surface area contributed by atoms with Crippen molar-refractivity contribution < 1.29 is 4.79 Å². The first-order valence-electron chi connectivity index (χ1n) is 8.63. The SMILES string of the molecule is O=C(Nc1cc(Cl)cc(Cl)c1)C1=C(C2CCCC2)N2CCCN=C2S1. The van der Waals surface area contributed by atoms with Crippen LogP contribution in [0, 0.1) is 5.92 Å². The van der Waals surface area contributed by atoms with E-state index in [1.54, 1.807) is 18.2 Å². The molecule has 0 bridgehead atoms. The Morgan fingerprint density at radius 2 is 1.88 bits per heavy atom. The molecule has 4 nitrogen and oxygen atoms in total. The third-order valence-corrected chi connectivity index (χ3v) is 6.37. The molecule has 1 N–H and O–H groups in total. The van der Waals surface area contributed by atoms with Crippen molar-refractivity contribution in [3.8, 4) is 0 Å². The number of nitrogens with zero attached hydrogens (tertiary/aromatic N) is 2. The number of hydrogen-bond acceptors (Lipinski definition) is 4. The molecule has 0 saturated heterocycles. The first-order valence-corrected chi connectivity index (χ1v) is 10.2. The van der Waals surface area contributed by atoms with Crippen molar-refractivity contribution in [2.45, 2.75) is 32.1 Å². The summed E-state index contributed by atoms with van der Waals surface area (Å²) in [6.07, 6.45) is 5.81. The molecular formula is C18H19Cl2N3OS. The second kappa shape index (κ2) is 7.22. The quantitative estimate of drug-likeness (QED) is 0.769. The monoisotopic (exact) mass is 395 g/mol. The van der Waals surface area contributed by atoms with Crippen molar-refractivity contribution in [3.63, 3.8) is 0 Å². The maximum Gasteiger partial charge on any atom is 0.264 e. The number of carbonyl (C=O) groups is 1. The van der Waals surface area contributed by atoms with Gasteiger partial charge in [-0.3, -0.25) is 9.79 Å². The molecule has 0 radical (unpaired) electrons. The Morgan fingerprint density at radius 3 is 2.60 bits per heavy atom. The number of thioether (sulfide) groups is 1. The van der Waals surface area contributed by atoms with E-state index in [0.29, 0.717) is 21.7 Å². The van der Waals surface area contributed by atoms with Crippen LogP contribution in [0.2, 0.25) is 10.0 Å². The Balaban J connectivity index is 1.64. The molecule has 1 aromatic rings. The van der Waals surface area contributed by atoms with Gasteiger partial charge in [0.05, 0.1) is 0 Å². The molecule has 1 aliphatic carbocycles. The summed E-state index contributed by atoms with van der Waals surface area (Å²) < 4.78 is 0. The molecule has 0 spiro atoms. The van der Waals surface area contributed by atoms with Crippen molar-refractivity contribution in [2.24, 2.45) is 10.9 Å². The molecule has 2 heterocycles. The van der Waals surface area contributed by atoms with Crippen LogP contribution in [0.25, 0.3) is 0 Å². The Labute approximate surface area is 161 Å². The molecular weight excluding hydrogens is 377 g/mol. The second-order valence-corrected chi connectivity index (χ2v) is 8.43. The molecule has 0 atom stereocenters. The third kappa shape index (κ3) is 3.55. The number of aliphatic imine (C=N–C) groups is 1. The average Bonchev–Trinajstić information content (AvgIpc) is 3.20. The molecule has 1 aromatic carbocycles. The molecule has 4 rings (SSSR count). The molecule has 132 valence electrons. The van der Waals surface area contributed by atoms with E-state index in [1.807, 2.05) is 0 Å². The van der Waals surface area contributed by atoms with Gasteiger partial charge in [0.25, 0.3) is 5.91 Å². The topological polar surface area (TPSA) is 44.7 Å². The lowest BCUT2D eigenvalue weighted by molar-refractivity contribution is -0.112. The maximum absolute atomic E-state index is 13.0. The van der Waals surface area contributed by atoms with Gasteiger partial charge >= 0.3 is 0 Å². The summed E-state index contributed by atoms with van der Waals surface area (Å²) in [5, 5.41) is 4.95. The zero-order valence-electron chi connectivity index (χ0n) is 13.7. The van der Waals surface area contributed by atoms with E-state index in [4.69, 9.17) is 23.2 Å². The second-order valence-electron chi connectivity index (χ2n) is 6.58. The van der Waals surface area contributed by atoms with Crippen LogP contribution < -0.4 is 5.32 Å².